The van der Waals surface area contributed by atoms with Crippen molar-refractivity contribution in [2.45, 2.75) is 6.92 Å². The third-order valence-corrected chi connectivity index (χ3v) is 3.72. The number of allylic oxidation sites excluding steroid dienone is 1. The Hall–Kier alpha value is -1.37. The van der Waals surface area contributed by atoms with Crippen LogP contribution in [0.25, 0.3) is 0 Å². The van der Waals surface area contributed by atoms with Gasteiger partial charge in [-0.15, -0.1) is 24.4 Å². The van der Waals surface area contributed by atoms with Crippen molar-refractivity contribution in [3.63, 3.8) is 0 Å². The molecule has 108 valence electrons. The van der Waals surface area contributed by atoms with E-state index in [0.717, 1.165) is 22.0 Å². The summed E-state index contributed by atoms with van der Waals surface area (Å²) in [6.07, 6.45) is 1.65. The van der Waals surface area contributed by atoms with Crippen molar-refractivity contribution in [2.24, 2.45) is 10.7 Å². The van der Waals surface area contributed by atoms with Crippen LogP contribution in [-0.4, -0.2) is 19.3 Å². The molecule has 20 heavy (non-hydrogen) atoms. The Bertz CT molecular complexity index is 495. The molecule has 0 aliphatic heterocycles. The number of para-hydroxylation sites is 1. The Labute approximate surface area is 130 Å². The zero-order valence-corrected chi connectivity index (χ0v) is 13.3. The van der Waals surface area contributed by atoms with E-state index in [1.54, 1.807) is 11.7 Å². The second-order valence-electron chi connectivity index (χ2n) is 3.80. The Morgan fingerprint density at radius 2 is 2.10 bits per heavy atom. The van der Waals surface area contributed by atoms with Crippen LogP contribution in [0.15, 0.2) is 57.0 Å². The lowest BCUT2D eigenvalue weighted by molar-refractivity contribution is 0.980. The highest BCUT2D eigenvalue weighted by atomic mass is 32.2. The smallest absolute Gasteiger partial charge is 0.0931 e. The van der Waals surface area contributed by atoms with Crippen LogP contribution >= 0.6 is 24.4 Å². The molecule has 1 aromatic rings. The third kappa shape index (κ3) is 5.32. The zero-order valence-electron chi connectivity index (χ0n) is 11.6. The van der Waals surface area contributed by atoms with Crippen molar-refractivity contribution in [2.75, 3.05) is 18.2 Å². The maximum absolute atomic E-state index is 5.62. The van der Waals surface area contributed by atoms with Gasteiger partial charge < -0.3 is 16.4 Å². The molecule has 0 aliphatic carbocycles. The van der Waals surface area contributed by atoms with Crippen LogP contribution in [0.3, 0.4) is 0 Å². The molecule has 0 heterocycles. The number of thioether (sulfide) groups is 1. The van der Waals surface area contributed by atoms with Crippen molar-refractivity contribution in [3.8, 4) is 0 Å². The average molecular weight is 308 g/mol. The molecule has 1 aromatic carbocycles. The topological polar surface area (TPSA) is 62.4 Å². The lowest BCUT2D eigenvalue weighted by Crippen LogP contribution is -2.07. The molecule has 0 aromatic heterocycles. The molecule has 0 radical (unpaired) electrons. The highest BCUT2D eigenvalue weighted by Crippen LogP contribution is 2.26. The first-order chi connectivity index (χ1) is 9.72. The highest BCUT2D eigenvalue weighted by molar-refractivity contribution is 8.03. The molecule has 4 nitrogen and oxygen atoms in total. The second kappa shape index (κ2) is 9.52. The molecule has 0 bridgehead atoms. The summed E-state index contributed by atoms with van der Waals surface area (Å²) in [5.74, 6) is 0.487. The Balaban J connectivity index is 2.81. The van der Waals surface area contributed by atoms with Crippen LogP contribution in [0.4, 0.5) is 5.69 Å². The first-order valence-electron chi connectivity index (χ1n) is 6.13. The van der Waals surface area contributed by atoms with Crippen molar-refractivity contribution >= 4 is 36.4 Å². The predicted molar refractivity (Wildman–Crippen MR) is 94.0 cm³/mol. The number of nitrogens with one attached hydrogen (secondary N) is 2. The summed E-state index contributed by atoms with van der Waals surface area (Å²) in [6.45, 7) is 1.98. The number of benzene rings is 1. The molecule has 0 saturated heterocycles. The quantitative estimate of drug-likeness (QED) is 0.206. The van der Waals surface area contributed by atoms with E-state index >= 15 is 0 Å². The summed E-state index contributed by atoms with van der Waals surface area (Å²) in [5.41, 5.74) is 8.37. The van der Waals surface area contributed by atoms with Crippen molar-refractivity contribution < 1.29 is 0 Å². The summed E-state index contributed by atoms with van der Waals surface area (Å²) >= 11 is 5.75. The van der Waals surface area contributed by atoms with Gasteiger partial charge in [-0.05, 0) is 24.5 Å². The second-order valence-corrected chi connectivity index (χ2v) is 5.09. The predicted octanol–water partition coefficient (Wildman–Crippen LogP) is 3.00. The van der Waals surface area contributed by atoms with E-state index in [1.165, 1.54) is 11.8 Å². The molecule has 0 spiro atoms. The van der Waals surface area contributed by atoms with Gasteiger partial charge in [-0.3, -0.25) is 0 Å². The number of nitrogens with zero attached hydrogens (tertiary/aromatic N) is 1. The monoisotopic (exact) mass is 308 g/mol. The normalized spacial score (nSPS) is 13.3. The fourth-order valence-corrected chi connectivity index (χ4v) is 2.46. The lowest BCUT2D eigenvalue weighted by atomic mass is 10.3. The van der Waals surface area contributed by atoms with Gasteiger partial charge in [-0.2, -0.15) is 0 Å². The molecule has 0 saturated carbocycles. The summed E-state index contributed by atoms with van der Waals surface area (Å²) in [4.78, 5) is 5.38. The minimum Gasteiger partial charge on any atom is -0.391 e. The molecule has 0 fully saturated rings. The highest BCUT2D eigenvalue weighted by Gasteiger charge is 2.07. The van der Waals surface area contributed by atoms with Crippen LogP contribution < -0.4 is 16.4 Å². The van der Waals surface area contributed by atoms with Gasteiger partial charge in [-0.1, -0.05) is 18.2 Å². The van der Waals surface area contributed by atoms with Gasteiger partial charge in [0.05, 0.1) is 16.9 Å². The Kier molecular flexibility index (Phi) is 7.94. The van der Waals surface area contributed by atoms with Gasteiger partial charge in [0.25, 0.3) is 0 Å². The minimum absolute atomic E-state index is 0.487. The van der Waals surface area contributed by atoms with E-state index in [1.807, 2.05) is 44.3 Å². The number of anilines is 1. The van der Waals surface area contributed by atoms with Crippen LogP contribution in [0, 0.1) is 0 Å². The first-order valence-corrected chi connectivity index (χ1v) is 7.63. The molecule has 4 N–H and O–H groups in total. The average Bonchev–Trinajstić information content (AvgIpc) is 2.50. The van der Waals surface area contributed by atoms with E-state index in [-0.39, 0.29) is 0 Å². The maximum atomic E-state index is 5.62. The summed E-state index contributed by atoms with van der Waals surface area (Å²) in [5, 5.41) is 7.89. The van der Waals surface area contributed by atoms with Gasteiger partial charge in [-0.25, -0.2) is 4.99 Å². The van der Waals surface area contributed by atoms with E-state index in [9.17, 15) is 0 Å². The number of aliphatic imine (C=N–C) groups is 1. The van der Waals surface area contributed by atoms with Gasteiger partial charge in [0.15, 0.2) is 0 Å². The molecular weight excluding hydrogens is 288 g/mol. The Morgan fingerprint density at radius 3 is 2.65 bits per heavy atom. The fourth-order valence-electron chi connectivity index (χ4n) is 1.43. The molecule has 1 rings (SSSR count). The third-order valence-electron chi connectivity index (χ3n) is 2.51. The van der Waals surface area contributed by atoms with E-state index in [4.69, 9.17) is 5.73 Å². The standard InChI is InChI=1S/C14H20N4S2/c1-11(16-2)14(20-9-15)13(8-19)18-10-17-12-6-4-3-5-7-12/h3-8,10,16,19H,9,15H2,1-2H3,(H,17,18)/b13-8-,14-11-. The number of hydrogen-bond donors (Lipinski definition) is 4. The van der Waals surface area contributed by atoms with Gasteiger partial charge in [0.2, 0.25) is 0 Å². The molecule has 0 atom stereocenters. The Morgan fingerprint density at radius 1 is 1.40 bits per heavy atom. The van der Waals surface area contributed by atoms with Gasteiger partial charge in [0, 0.05) is 24.3 Å². The summed E-state index contributed by atoms with van der Waals surface area (Å²) in [7, 11) is 1.87. The van der Waals surface area contributed by atoms with Crippen LogP contribution in [0.1, 0.15) is 6.92 Å². The number of nitrogens with two attached hydrogens (primary N) is 1. The number of thiol groups is 1. The number of hydrogen-bond acceptors (Lipinski definition) is 5. The van der Waals surface area contributed by atoms with Crippen LogP contribution in [0.5, 0.6) is 0 Å². The largest absolute Gasteiger partial charge is 0.391 e. The fraction of sp³-hybridized carbons (Fsp3) is 0.214. The maximum Gasteiger partial charge on any atom is 0.0931 e. The van der Waals surface area contributed by atoms with E-state index in [0.29, 0.717) is 5.88 Å². The SMILES string of the molecule is CN/C(C)=C(SCN)/C(=C/S)N=CNc1ccccc1. The van der Waals surface area contributed by atoms with Crippen molar-refractivity contribution in [1.29, 1.82) is 0 Å². The molecule has 6 heteroatoms. The van der Waals surface area contributed by atoms with Gasteiger partial charge >= 0.3 is 0 Å². The summed E-state index contributed by atoms with van der Waals surface area (Å²) in [6, 6.07) is 9.84. The van der Waals surface area contributed by atoms with E-state index < -0.39 is 0 Å². The molecule has 0 aliphatic rings. The van der Waals surface area contributed by atoms with Crippen LogP contribution in [-0.2, 0) is 0 Å². The van der Waals surface area contributed by atoms with Crippen LogP contribution in [0.2, 0.25) is 0 Å². The summed E-state index contributed by atoms with van der Waals surface area (Å²) < 4.78 is 0. The van der Waals surface area contributed by atoms with Crippen molar-refractivity contribution in [1.82, 2.24) is 5.32 Å². The molecule has 0 amide bonds. The van der Waals surface area contributed by atoms with E-state index in [2.05, 4.69) is 28.3 Å². The number of rotatable bonds is 7. The van der Waals surface area contributed by atoms with Crippen molar-refractivity contribution in [3.05, 3.63) is 52.0 Å². The minimum atomic E-state index is 0.487. The lowest BCUT2D eigenvalue weighted by Gasteiger charge is -2.11. The zero-order chi connectivity index (χ0) is 14.8. The molecular formula is C14H20N4S2. The molecule has 0 unspecified atom stereocenters. The first kappa shape index (κ1) is 16.7. The van der Waals surface area contributed by atoms with Gasteiger partial charge in [0.1, 0.15) is 0 Å².